The molecule has 0 atom stereocenters. The minimum absolute atomic E-state index is 0.627. The molecule has 0 spiro atoms. The Hall–Kier alpha value is -1.24. The zero-order chi connectivity index (χ0) is 17.9. The molecule has 0 saturated carbocycles. The summed E-state index contributed by atoms with van der Waals surface area (Å²) in [6.07, 6.45) is 0. The van der Waals surface area contributed by atoms with Crippen LogP contribution in [0.3, 0.4) is 0 Å². The van der Waals surface area contributed by atoms with E-state index in [9.17, 15) is 0 Å². The van der Waals surface area contributed by atoms with Gasteiger partial charge < -0.3 is 0 Å². The van der Waals surface area contributed by atoms with Crippen LogP contribution in [0.4, 0.5) is 0 Å². The van der Waals surface area contributed by atoms with Gasteiger partial charge in [-0.3, -0.25) is 0 Å². The monoisotopic (exact) mass is 434 g/mol. The molecule has 0 saturated heterocycles. The maximum Gasteiger partial charge on any atom is 0.189 e. The molecule has 26 heavy (non-hydrogen) atoms. The highest BCUT2D eigenvalue weighted by Crippen LogP contribution is 2.39. The third-order valence-electron chi connectivity index (χ3n) is 3.56. The van der Waals surface area contributed by atoms with E-state index in [2.05, 4.69) is 17.1 Å². The first-order valence-electron chi connectivity index (χ1n) is 7.74. The average molecular weight is 435 g/mol. The Labute approximate surface area is 174 Å². The fraction of sp³-hybridized carbons (Fsp3) is 0.0526. The molecule has 0 radical (unpaired) electrons. The molecule has 0 unspecified atom stereocenters. The van der Waals surface area contributed by atoms with E-state index in [1.54, 1.807) is 40.9 Å². The SMILES string of the molecule is Clc1ccc(Sc2nc(SCc3ccccc3)nc3ccsc23)c(Cl)c1. The van der Waals surface area contributed by atoms with E-state index in [0.29, 0.717) is 10.0 Å². The number of nitrogens with zero attached hydrogens (tertiary/aromatic N) is 2. The zero-order valence-electron chi connectivity index (χ0n) is 13.4. The summed E-state index contributed by atoms with van der Waals surface area (Å²) in [7, 11) is 0. The fourth-order valence-electron chi connectivity index (χ4n) is 2.33. The predicted octanol–water partition coefficient (Wildman–Crippen LogP) is 7.44. The molecule has 4 aromatic rings. The first kappa shape index (κ1) is 18.1. The van der Waals surface area contributed by atoms with E-state index in [1.165, 1.54) is 5.56 Å². The molecule has 0 aliphatic rings. The summed E-state index contributed by atoms with van der Waals surface area (Å²) in [6, 6.07) is 17.9. The van der Waals surface area contributed by atoms with E-state index in [4.69, 9.17) is 28.2 Å². The van der Waals surface area contributed by atoms with E-state index in [0.717, 1.165) is 31.0 Å². The Morgan fingerprint density at radius 3 is 2.62 bits per heavy atom. The Balaban J connectivity index is 1.64. The molecule has 0 bridgehead atoms. The first-order chi connectivity index (χ1) is 12.7. The van der Waals surface area contributed by atoms with Gasteiger partial charge in [-0.1, -0.05) is 77.1 Å². The quantitative estimate of drug-likeness (QED) is 0.185. The molecule has 7 heteroatoms. The van der Waals surface area contributed by atoms with Crippen LogP contribution < -0.4 is 0 Å². The van der Waals surface area contributed by atoms with Gasteiger partial charge in [0, 0.05) is 15.7 Å². The summed E-state index contributed by atoms with van der Waals surface area (Å²) < 4.78 is 1.07. The van der Waals surface area contributed by atoms with Gasteiger partial charge in [-0.2, -0.15) is 0 Å². The van der Waals surface area contributed by atoms with Crippen molar-refractivity contribution in [3.63, 3.8) is 0 Å². The minimum Gasteiger partial charge on any atom is -0.222 e. The van der Waals surface area contributed by atoms with Gasteiger partial charge in [0.25, 0.3) is 0 Å². The van der Waals surface area contributed by atoms with E-state index in [-0.39, 0.29) is 0 Å². The molecule has 2 aromatic heterocycles. The number of aromatic nitrogens is 2. The Kier molecular flexibility index (Phi) is 5.72. The highest BCUT2D eigenvalue weighted by molar-refractivity contribution is 8.00. The van der Waals surface area contributed by atoms with Crippen LogP contribution in [-0.2, 0) is 5.75 Å². The summed E-state index contributed by atoms with van der Waals surface area (Å²) in [6.45, 7) is 0. The van der Waals surface area contributed by atoms with Crippen molar-refractivity contribution in [2.45, 2.75) is 20.8 Å². The highest BCUT2D eigenvalue weighted by atomic mass is 35.5. The number of halogens is 2. The molecular formula is C19H12Cl2N2S3. The van der Waals surface area contributed by atoms with Gasteiger partial charge in [-0.05, 0) is 35.2 Å². The topological polar surface area (TPSA) is 25.8 Å². The summed E-state index contributed by atoms with van der Waals surface area (Å²) >= 11 is 17.2. The lowest BCUT2D eigenvalue weighted by molar-refractivity contribution is 0.935. The van der Waals surface area contributed by atoms with Crippen molar-refractivity contribution in [3.8, 4) is 0 Å². The third kappa shape index (κ3) is 4.18. The zero-order valence-corrected chi connectivity index (χ0v) is 17.3. The first-order valence-corrected chi connectivity index (χ1v) is 11.2. The molecule has 0 amide bonds. The number of thiophene rings is 1. The lowest BCUT2D eigenvalue weighted by Crippen LogP contribution is -1.91. The maximum absolute atomic E-state index is 6.34. The second kappa shape index (κ2) is 8.19. The summed E-state index contributed by atoms with van der Waals surface area (Å²) in [5.41, 5.74) is 2.22. The van der Waals surface area contributed by atoms with Gasteiger partial charge in [0.05, 0.1) is 15.2 Å². The molecule has 4 rings (SSSR count). The molecule has 0 aliphatic heterocycles. The van der Waals surface area contributed by atoms with Crippen LogP contribution in [0, 0.1) is 0 Å². The van der Waals surface area contributed by atoms with Crippen LogP contribution in [-0.4, -0.2) is 9.97 Å². The van der Waals surface area contributed by atoms with Crippen molar-refractivity contribution < 1.29 is 0 Å². The fourth-order valence-corrected chi connectivity index (χ4v) is 5.54. The van der Waals surface area contributed by atoms with Gasteiger partial charge in [-0.15, -0.1) is 11.3 Å². The standard InChI is InChI=1S/C19H12Cl2N2S3/c20-13-6-7-16(14(21)10-13)26-18-17-15(8-9-24-17)22-19(23-18)25-11-12-4-2-1-3-5-12/h1-10H,11H2. The third-order valence-corrected chi connectivity index (χ3v) is 7.25. The van der Waals surface area contributed by atoms with E-state index >= 15 is 0 Å². The van der Waals surface area contributed by atoms with Gasteiger partial charge >= 0.3 is 0 Å². The second-order valence-electron chi connectivity index (χ2n) is 5.40. The molecule has 0 aliphatic carbocycles. The van der Waals surface area contributed by atoms with E-state index in [1.807, 2.05) is 41.8 Å². The van der Waals surface area contributed by atoms with Crippen molar-refractivity contribution in [2.24, 2.45) is 0 Å². The van der Waals surface area contributed by atoms with Crippen LogP contribution in [0.15, 0.2) is 75.1 Å². The van der Waals surface area contributed by atoms with E-state index < -0.39 is 0 Å². The van der Waals surface area contributed by atoms with Gasteiger partial charge in [-0.25, -0.2) is 9.97 Å². The maximum atomic E-state index is 6.34. The lowest BCUT2D eigenvalue weighted by atomic mass is 10.2. The summed E-state index contributed by atoms with van der Waals surface area (Å²) in [5.74, 6) is 0.836. The minimum atomic E-state index is 0.627. The Bertz CT molecular complexity index is 1050. The summed E-state index contributed by atoms with van der Waals surface area (Å²) in [5, 5.41) is 4.99. The van der Waals surface area contributed by atoms with Gasteiger partial charge in [0.1, 0.15) is 5.03 Å². The van der Waals surface area contributed by atoms with Crippen LogP contribution >= 0.6 is 58.1 Å². The number of rotatable bonds is 5. The largest absolute Gasteiger partial charge is 0.222 e. The lowest BCUT2D eigenvalue weighted by Gasteiger charge is -2.07. The molecule has 2 nitrogen and oxygen atoms in total. The van der Waals surface area contributed by atoms with Crippen molar-refractivity contribution in [3.05, 3.63) is 75.6 Å². The molecule has 130 valence electrons. The smallest absolute Gasteiger partial charge is 0.189 e. The Morgan fingerprint density at radius 2 is 1.81 bits per heavy atom. The highest BCUT2D eigenvalue weighted by Gasteiger charge is 2.13. The molecule has 0 fully saturated rings. The molecule has 2 aromatic carbocycles. The number of benzene rings is 2. The number of hydrogen-bond donors (Lipinski definition) is 0. The number of thioether (sulfide) groups is 1. The van der Waals surface area contributed by atoms with Crippen molar-refractivity contribution in [2.75, 3.05) is 0 Å². The van der Waals surface area contributed by atoms with Gasteiger partial charge in [0.15, 0.2) is 5.16 Å². The average Bonchev–Trinajstić information content (AvgIpc) is 3.12. The van der Waals surface area contributed by atoms with Crippen LogP contribution in [0.5, 0.6) is 0 Å². The normalized spacial score (nSPS) is 11.2. The van der Waals surface area contributed by atoms with Crippen molar-refractivity contribution in [1.29, 1.82) is 0 Å². The predicted molar refractivity (Wildman–Crippen MR) is 114 cm³/mol. The van der Waals surface area contributed by atoms with Crippen LogP contribution in [0.2, 0.25) is 10.0 Å². The van der Waals surface area contributed by atoms with Crippen molar-refractivity contribution >= 4 is 68.3 Å². The Morgan fingerprint density at radius 1 is 0.962 bits per heavy atom. The van der Waals surface area contributed by atoms with Gasteiger partial charge in [0.2, 0.25) is 0 Å². The number of fused-ring (bicyclic) bond motifs is 1. The van der Waals surface area contributed by atoms with Crippen LogP contribution in [0.25, 0.3) is 10.2 Å². The second-order valence-corrected chi connectivity index (χ2v) is 9.13. The summed E-state index contributed by atoms with van der Waals surface area (Å²) in [4.78, 5) is 10.4. The molecular weight excluding hydrogens is 423 g/mol. The van der Waals surface area contributed by atoms with Crippen molar-refractivity contribution in [1.82, 2.24) is 9.97 Å². The number of hydrogen-bond acceptors (Lipinski definition) is 5. The molecule has 2 heterocycles. The molecule has 0 N–H and O–H groups in total. The van der Waals surface area contributed by atoms with Crippen LogP contribution in [0.1, 0.15) is 5.56 Å².